The first-order chi connectivity index (χ1) is 9.66. The molecule has 2 unspecified atom stereocenters. The summed E-state index contributed by atoms with van der Waals surface area (Å²) >= 11 is 1.07. The van der Waals surface area contributed by atoms with Gasteiger partial charge >= 0.3 is 0 Å². The van der Waals surface area contributed by atoms with Crippen molar-refractivity contribution in [3.63, 3.8) is 0 Å². The number of nitrogens with one attached hydrogen (secondary N) is 1. The molecule has 0 aliphatic carbocycles. The van der Waals surface area contributed by atoms with Crippen LogP contribution in [0.3, 0.4) is 0 Å². The van der Waals surface area contributed by atoms with Crippen LogP contribution in [0.25, 0.3) is 0 Å². The molecule has 0 saturated heterocycles. The lowest BCUT2D eigenvalue weighted by molar-refractivity contribution is 0.0949. The minimum atomic E-state index is -0.415. The summed E-state index contributed by atoms with van der Waals surface area (Å²) in [6, 6.07) is 9.88. The van der Waals surface area contributed by atoms with Gasteiger partial charge < -0.3 is 10.4 Å². The van der Waals surface area contributed by atoms with Gasteiger partial charge in [0.05, 0.1) is 12.3 Å². The average molecular weight is 291 g/mol. The van der Waals surface area contributed by atoms with E-state index in [1.807, 2.05) is 30.3 Å². The Balaban J connectivity index is 2.00. The van der Waals surface area contributed by atoms with Gasteiger partial charge in [0.15, 0.2) is 0 Å². The maximum atomic E-state index is 11.9. The van der Waals surface area contributed by atoms with E-state index >= 15 is 0 Å². The van der Waals surface area contributed by atoms with Crippen molar-refractivity contribution in [3.05, 3.63) is 47.0 Å². The number of nitrogens with zero attached hydrogens (tertiary/aromatic N) is 2. The Morgan fingerprint density at radius 3 is 2.75 bits per heavy atom. The minimum Gasteiger partial charge on any atom is -0.393 e. The second kappa shape index (κ2) is 7.12. The average Bonchev–Trinajstić information content (AvgIpc) is 2.98. The van der Waals surface area contributed by atoms with Crippen molar-refractivity contribution in [1.82, 2.24) is 14.9 Å². The molecular weight excluding hydrogens is 274 g/mol. The molecule has 2 N–H and O–H groups in total. The molecule has 0 radical (unpaired) electrons. The molecule has 0 saturated carbocycles. The minimum absolute atomic E-state index is 0.0843. The second-order valence-electron chi connectivity index (χ2n) is 4.68. The molecule has 2 rings (SSSR count). The van der Waals surface area contributed by atoms with Crippen LogP contribution in [0, 0.1) is 0 Å². The van der Waals surface area contributed by atoms with E-state index in [-0.39, 0.29) is 11.8 Å². The van der Waals surface area contributed by atoms with Crippen LogP contribution in [-0.4, -0.2) is 33.2 Å². The Bertz CT molecular complexity index is 529. The van der Waals surface area contributed by atoms with Gasteiger partial charge in [-0.3, -0.25) is 4.79 Å². The monoisotopic (exact) mass is 291 g/mol. The first-order valence-electron chi connectivity index (χ1n) is 6.45. The van der Waals surface area contributed by atoms with Crippen LogP contribution in [0.5, 0.6) is 0 Å². The molecule has 1 aromatic carbocycles. The summed E-state index contributed by atoms with van der Waals surface area (Å²) in [4.78, 5) is 12.4. The van der Waals surface area contributed by atoms with Gasteiger partial charge in [-0.2, -0.15) is 0 Å². The highest BCUT2D eigenvalue weighted by Gasteiger charge is 2.16. The third kappa shape index (κ3) is 4.11. The maximum absolute atomic E-state index is 11.9. The number of rotatable bonds is 6. The largest absolute Gasteiger partial charge is 0.393 e. The van der Waals surface area contributed by atoms with Gasteiger partial charge in [0.1, 0.15) is 4.88 Å². The van der Waals surface area contributed by atoms with E-state index in [9.17, 15) is 9.90 Å². The molecule has 0 fully saturated rings. The normalized spacial score (nSPS) is 13.7. The summed E-state index contributed by atoms with van der Waals surface area (Å²) in [5, 5.41) is 16.1. The van der Waals surface area contributed by atoms with Gasteiger partial charge in [0, 0.05) is 12.5 Å². The SMILES string of the molecule is CC(O)CC(CNC(=O)c1cnns1)c1ccccc1. The molecule has 1 heterocycles. The molecule has 0 aliphatic rings. The van der Waals surface area contributed by atoms with E-state index in [4.69, 9.17) is 0 Å². The van der Waals surface area contributed by atoms with Crippen molar-refractivity contribution in [2.45, 2.75) is 25.4 Å². The third-order valence-electron chi connectivity index (χ3n) is 2.99. The van der Waals surface area contributed by atoms with Crippen molar-refractivity contribution < 1.29 is 9.90 Å². The number of benzene rings is 1. The van der Waals surface area contributed by atoms with Gasteiger partial charge in [-0.15, -0.1) is 5.10 Å². The van der Waals surface area contributed by atoms with E-state index in [2.05, 4.69) is 14.9 Å². The van der Waals surface area contributed by atoms with Gasteiger partial charge in [0.25, 0.3) is 5.91 Å². The number of hydrogen-bond donors (Lipinski definition) is 2. The van der Waals surface area contributed by atoms with Crippen LogP contribution < -0.4 is 5.32 Å². The van der Waals surface area contributed by atoms with Gasteiger partial charge in [0.2, 0.25) is 0 Å². The van der Waals surface area contributed by atoms with Gasteiger partial charge in [-0.05, 0) is 30.4 Å². The number of aliphatic hydroxyl groups excluding tert-OH is 1. The Kier molecular flexibility index (Phi) is 5.20. The molecular formula is C14H17N3O2S. The predicted octanol–water partition coefficient (Wildman–Crippen LogP) is 1.82. The van der Waals surface area contributed by atoms with Crippen LogP contribution in [0.1, 0.15) is 34.5 Å². The number of aromatic nitrogens is 2. The molecule has 0 aliphatic heterocycles. The van der Waals surface area contributed by atoms with Crippen LogP contribution in [0.15, 0.2) is 36.5 Å². The van der Waals surface area contributed by atoms with Crippen LogP contribution in [-0.2, 0) is 0 Å². The highest BCUT2D eigenvalue weighted by atomic mass is 32.1. The lowest BCUT2D eigenvalue weighted by Crippen LogP contribution is -2.29. The fourth-order valence-electron chi connectivity index (χ4n) is 2.04. The van der Waals surface area contributed by atoms with Crippen molar-refractivity contribution in [2.24, 2.45) is 0 Å². The van der Waals surface area contributed by atoms with Gasteiger partial charge in [-0.25, -0.2) is 0 Å². The predicted molar refractivity (Wildman–Crippen MR) is 77.7 cm³/mol. The number of hydrogen-bond acceptors (Lipinski definition) is 5. The third-order valence-corrected chi connectivity index (χ3v) is 3.65. The number of amides is 1. The zero-order valence-electron chi connectivity index (χ0n) is 11.2. The Hall–Kier alpha value is -1.79. The number of carbonyl (C=O) groups excluding carboxylic acids is 1. The van der Waals surface area contributed by atoms with E-state index in [1.165, 1.54) is 6.20 Å². The smallest absolute Gasteiger partial charge is 0.264 e. The van der Waals surface area contributed by atoms with Crippen LogP contribution in [0.2, 0.25) is 0 Å². The molecule has 1 amide bonds. The Morgan fingerprint density at radius 1 is 1.40 bits per heavy atom. The molecule has 5 nitrogen and oxygen atoms in total. The van der Waals surface area contributed by atoms with Crippen LogP contribution >= 0.6 is 11.5 Å². The first-order valence-corrected chi connectivity index (χ1v) is 7.22. The number of aliphatic hydroxyl groups is 1. The number of carbonyl (C=O) groups is 1. The quantitative estimate of drug-likeness (QED) is 0.851. The molecule has 106 valence electrons. The molecule has 0 spiro atoms. The van der Waals surface area contributed by atoms with E-state index in [0.717, 1.165) is 17.1 Å². The molecule has 2 atom stereocenters. The van der Waals surface area contributed by atoms with Crippen molar-refractivity contribution in [2.75, 3.05) is 6.54 Å². The Labute approximate surface area is 121 Å². The topological polar surface area (TPSA) is 75.1 Å². The highest BCUT2D eigenvalue weighted by molar-refractivity contribution is 7.07. The summed E-state index contributed by atoms with van der Waals surface area (Å²) in [5.41, 5.74) is 1.11. The van der Waals surface area contributed by atoms with E-state index in [0.29, 0.717) is 17.8 Å². The Morgan fingerprint density at radius 2 is 2.15 bits per heavy atom. The standard InChI is InChI=1S/C14H17N3O2S/c1-10(18)7-12(11-5-3-2-4-6-11)8-15-14(19)13-9-16-17-20-13/h2-6,9-10,12,18H,7-8H2,1H3,(H,15,19). The fraction of sp³-hybridized carbons (Fsp3) is 0.357. The molecule has 0 bridgehead atoms. The van der Waals surface area contributed by atoms with Crippen molar-refractivity contribution in [1.29, 1.82) is 0 Å². The summed E-state index contributed by atoms with van der Waals surface area (Å²) in [6.45, 7) is 2.23. The first kappa shape index (κ1) is 14.6. The maximum Gasteiger partial charge on any atom is 0.264 e. The zero-order valence-corrected chi connectivity index (χ0v) is 12.0. The van der Waals surface area contributed by atoms with Crippen molar-refractivity contribution in [3.8, 4) is 0 Å². The highest BCUT2D eigenvalue weighted by Crippen LogP contribution is 2.20. The van der Waals surface area contributed by atoms with E-state index < -0.39 is 6.10 Å². The summed E-state index contributed by atoms with van der Waals surface area (Å²) < 4.78 is 3.67. The lowest BCUT2D eigenvalue weighted by Gasteiger charge is -2.19. The zero-order chi connectivity index (χ0) is 14.4. The second-order valence-corrected chi connectivity index (χ2v) is 5.47. The summed E-state index contributed by atoms with van der Waals surface area (Å²) in [5.74, 6) is -0.0902. The van der Waals surface area contributed by atoms with Gasteiger partial charge in [-0.1, -0.05) is 34.8 Å². The molecule has 20 heavy (non-hydrogen) atoms. The fourth-order valence-corrected chi connectivity index (χ4v) is 2.48. The molecule has 6 heteroatoms. The summed E-state index contributed by atoms with van der Waals surface area (Å²) in [7, 11) is 0. The molecule has 2 aromatic rings. The van der Waals surface area contributed by atoms with E-state index in [1.54, 1.807) is 6.92 Å². The summed E-state index contributed by atoms with van der Waals surface area (Å²) in [6.07, 6.45) is 1.64. The molecule has 1 aromatic heterocycles. The van der Waals surface area contributed by atoms with Crippen molar-refractivity contribution >= 4 is 17.4 Å². The van der Waals surface area contributed by atoms with Crippen LogP contribution in [0.4, 0.5) is 0 Å². The lowest BCUT2D eigenvalue weighted by atomic mass is 9.93.